The van der Waals surface area contributed by atoms with Gasteiger partial charge in [0.15, 0.2) is 5.82 Å². The van der Waals surface area contributed by atoms with Gasteiger partial charge in [-0.15, -0.1) is 24.8 Å². The average Bonchev–Trinajstić information content (AvgIpc) is 2.86. The lowest BCUT2D eigenvalue weighted by Crippen LogP contribution is -2.41. The SMILES string of the molecule is COc1cncc(F)c1-c1ccc(NC(=O)C(N)C(c2ccccc2)c2ccccc2)cc1.Cl.Cl. The summed E-state index contributed by atoms with van der Waals surface area (Å²) in [6, 6.07) is 25.5. The average molecular weight is 514 g/mol. The Labute approximate surface area is 216 Å². The number of nitrogens with one attached hydrogen (secondary N) is 1. The highest BCUT2D eigenvalue weighted by Gasteiger charge is 2.27. The number of ether oxygens (including phenoxy) is 1. The van der Waals surface area contributed by atoms with E-state index < -0.39 is 11.9 Å². The second-order valence-electron chi connectivity index (χ2n) is 7.59. The summed E-state index contributed by atoms with van der Waals surface area (Å²) >= 11 is 0. The van der Waals surface area contributed by atoms with Gasteiger partial charge in [0.05, 0.1) is 31.1 Å². The van der Waals surface area contributed by atoms with E-state index in [0.717, 1.165) is 17.3 Å². The Bertz CT molecular complexity index is 1190. The van der Waals surface area contributed by atoms with Gasteiger partial charge in [0, 0.05) is 11.6 Å². The molecular formula is C27H26Cl2FN3O2. The minimum Gasteiger partial charge on any atom is -0.494 e. The van der Waals surface area contributed by atoms with Crippen LogP contribution < -0.4 is 15.8 Å². The van der Waals surface area contributed by atoms with Crippen molar-refractivity contribution in [1.82, 2.24) is 4.98 Å². The van der Waals surface area contributed by atoms with Crippen LogP contribution in [0, 0.1) is 5.82 Å². The van der Waals surface area contributed by atoms with Crippen LogP contribution in [-0.2, 0) is 4.79 Å². The van der Waals surface area contributed by atoms with Gasteiger partial charge in [-0.3, -0.25) is 9.78 Å². The molecule has 4 rings (SSSR count). The molecule has 0 saturated heterocycles. The molecule has 5 nitrogen and oxygen atoms in total. The lowest BCUT2D eigenvalue weighted by Gasteiger charge is -2.24. The summed E-state index contributed by atoms with van der Waals surface area (Å²) in [5, 5.41) is 2.88. The van der Waals surface area contributed by atoms with Crippen LogP contribution in [0.3, 0.4) is 0 Å². The topological polar surface area (TPSA) is 77.2 Å². The zero-order valence-electron chi connectivity index (χ0n) is 18.9. The highest BCUT2D eigenvalue weighted by atomic mass is 35.5. The van der Waals surface area contributed by atoms with Crippen LogP contribution in [0.25, 0.3) is 11.1 Å². The Morgan fingerprint density at radius 3 is 1.94 bits per heavy atom. The van der Waals surface area contributed by atoms with E-state index in [1.165, 1.54) is 13.3 Å². The number of pyridine rings is 1. The van der Waals surface area contributed by atoms with Crippen molar-refractivity contribution >= 4 is 36.4 Å². The standard InChI is InChI=1S/C27H24FN3O2.2ClH/c1-33-23-17-30-16-22(28)25(23)20-12-14-21(15-13-20)31-27(32)26(29)24(18-8-4-2-5-9-18)19-10-6-3-7-11-19;;/h2-17,24,26H,29H2,1H3,(H,31,32);2*1H. The molecule has 0 bridgehead atoms. The van der Waals surface area contributed by atoms with E-state index in [1.807, 2.05) is 60.7 Å². The van der Waals surface area contributed by atoms with Crippen molar-refractivity contribution in [3.8, 4) is 16.9 Å². The van der Waals surface area contributed by atoms with Gasteiger partial charge in [0.1, 0.15) is 5.75 Å². The summed E-state index contributed by atoms with van der Waals surface area (Å²) in [5.41, 5.74) is 9.88. The molecular weight excluding hydrogens is 488 g/mol. The molecule has 182 valence electrons. The van der Waals surface area contributed by atoms with Gasteiger partial charge in [-0.05, 0) is 28.8 Å². The highest BCUT2D eigenvalue weighted by molar-refractivity contribution is 5.96. The summed E-state index contributed by atoms with van der Waals surface area (Å²) < 4.78 is 19.6. The fourth-order valence-corrected chi connectivity index (χ4v) is 3.88. The van der Waals surface area contributed by atoms with Gasteiger partial charge in [-0.2, -0.15) is 0 Å². The number of halogens is 3. The molecule has 0 fully saturated rings. The number of hydrogen-bond donors (Lipinski definition) is 2. The third-order valence-electron chi connectivity index (χ3n) is 5.51. The van der Waals surface area contributed by atoms with Crippen molar-refractivity contribution in [3.63, 3.8) is 0 Å². The lowest BCUT2D eigenvalue weighted by molar-refractivity contribution is -0.117. The van der Waals surface area contributed by atoms with E-state index >= 15 is 0 Å². The maximum absolute atomic E-state index is 14.3. The number of benzene rings is 3. The first-order valence-corrected chi connectivity index (χ1v) is 10.5. The van der Waals surface area contributed by atoms with Crippen LogP contribution in [0.2, 0.25) is 0 Å². The number of amides is 1. The predicted molar refractivity (Wildman–Crippen MR) is 142 cm³/mol. The van der Waals surface area contributed by atoms with Gasteiger partial charge in [-0.25, -0.2) is 4.39 Å². The summed E-state index contributed by atoms with van der Waals surface area (Å²) in [6.07, 6.45) is 2.60. The molecule has 3 N–H and O–H groups in total. The summed E-state index contributed by atoms with van der Waals surface area (Å²) in [7, 11) is 1.46. The third kappa shape index (κ3) is 6.36. The largest absolute Gasteiger partial charge is 0.494 e. The minimum absolute atomic E-state index is 0. The number of carbonyl (C=O) groups is 1. The number of hydrogen-bond acceptors (Lipinski definition) is 4. The highest BCUT2D eigenvalue weighted by Crippen LogP contribution is 2.32. The van der Waals surface area contributed by atoms with Gasteiger partial charge in [0.2, 0.25) is 5.91 Å². The predicted octanol–water partition coefficient (Wildman–Crippen LogP) is 5.84. The molecule has 1 atom stereocenters. The normalized spacial score (nSPS) is 11.1. The molecule has 4 aromatic rings. The first-order valence-electron chi connectivity index (χ1n) is 10.5. The van der Waals surface area contributed by atoms with Gasteiger partial charge in [-0.1, -0.05) is 72.8 Å². The van der Waals surface area contributed by atoms with E-state index in [0.29, 0.717) is 22.6 Å². The third-order valence-corrected chi connectivity index (χ3v) is 5.51. The minimum atomic E-state index is -0.813. The second kappa shape index (κ2) is 12.9. The Hall–Kier alpha value is -3.45. The van der Waals surface area contributed by atoms with Crippen molar-refractivity contribution in [2.45, 2.75) is 12.0 Å². The molecule has 1 aromatic heterocycles. The molecule has 35 heavy (non-hydrogen) atoms. The zero-order chi connectivity index (χ0) is 23.2. The Kier molecular flexibility index (Phi) is 10.2. The molecule has 0 aliphatic carbocycles. The molecule has 0 aliphatic rings. The van der Waals surface area contributed by atoms with E-state index in [1.54, 1.807) is 24.3 Å². The maximum atomic E-state index is 14.3. The zero-order valence-corrected chi connectivity index (χ0v) is 20.6. The van der Waals surface area contributed by atoms with Crippen LogP contribution in [0.1, 0.15) is 17.0 Å². The van der Waals surface area contributed by atoms with Gasteiger partial charge in [0.25, 0.3) is 0 Å². The Balaban J connectivity index is 0.00000216. The summed E-state index contributed by atoms with van der Waals surface area (Å²) in [6.45, 7) is 0. The number of rotatable bonds is 7. The lowest BCUT2D eigenvalue weighted by atomic mass is 9.85. The van der Waals surface area contributed by atoms with Crippen LogP contribution in [0.5, 0.6) is 5.75 Å². The van der Waals surface area contributed by atoms with E-state index in [9.17, 15) is 9.18 Å². The smallest absolute Gasteiger partial charge is 0.242 e. The molecule has 0 spiro atoms. The molecule has 1 amide bonds. The van der Waals surface area contributed by atoms with Crippen LogP contribution in [0.4, 0.5) is 10.1 Å². The second-order valence-corrected chi connectivity index (χ2v) is 7.59. The van der Waals surface area contributed by atoms with E-state index in [4.69, 9.17) is 10.5 Å². The molecule has 8 heteroatoms. The number of nitrogens with zero attached hydrogens (tertiary/aromatic N) is 1. The Morgan fingerprint density at radius 2 is 1.43 bits per heavy atom. The van der Waals surface area contributed by atoms with Crippen molar-refractivity contribution in [2.24, 2.45) is 5.73 Å². The number of aromatic nitrogens is 1. The first kappa shape index (κ1) is 27.8. The number of methoxy groups -OCH3 is 1. The fourth-order valence-electron chi connectivity index (χ4n) is 3.88. The van der Waals surface area contributed by atoms with Gasteiger partial charge < -0.3 is 15.8 Å². The number of carbonyl (C=O) groups excluding carboxylic acids is 1. The monoisotopic (exact) mass is 513 g/mol. The molecule has 0 saturated carbocycles. The fraction of sp³-hybridized carbons (Fsp3) is 0.111. The van der Waals surface area contributed by atoms with Crippen LogP contribution in [-0.4, -0.2) is 24.0 Å². The summed E-state index contributed by atoms with van der Waals surface area (Å²) in [4.78, 5) is 16.9. The van der Waals surface area contributed by atoms with Crippen LogP contribution in [0.15, 0.2) is 97.3 Å². The van der Waals surface area contributed by atoms with Gasteiger partial charge >= 0.3 is 0 Å². The quantitative estimate of drug-likeness (QED) is 0.325. The molecule has 3 aromatic carbocycles. The molecule has 1 heterocycles. The van der Waals surface area contributed by atoms with Crippen molar-refractivity contribution in [3.05, 3.63) is 114 Å². The summed E-state index contributed by atoms with van der Waals surface area (Å²) in [5.74, 6) is -0.765. The van der Waals surface area contributed by atoms with Crippen molar-refractivity contribution in [2.75, 3.05) is 12.4 Å². The van der Waals surface area contributed by atoms with Crippen molar-refractivity contribution in [1.29, 1.82) is 0 Å². The first-order chi connectivity index (χ1) is 16.1. The van der Waals surface area contributed by atoms with Crippen LogP contribution >= 0.6 is 24.8 Å². The number of anilines is 1. The van der Waals surface area contributed by atoms with Crippen molar-refractivity contribution < 1.29 is 13.9 Å². The molecule has 0 radical (unpaired) electrons. The molecule has 0 aliphatic heterocycles. The van der Waals surface area contributed by atoms with E-state index in [2.05, 4.69) is 10.3 Å². The number of nitrogens with two attached hydrogens (primary N) is 1. The molecule has 1 unspecified atom stereocenters. The Morgan fingerprint density at radius 1 is 0.886 bits per heavy atom. The maximum Gasteiger partial charge on any atom is 0.242 e. The van der Waals surface area contributed by atoms with E-state index in [-0.39, 0.29) is 36.6 Å².